The van der Waals surface area contributed by atoms with E-state index in [4.69, 9.17) is 14.2 Å². The number of amides is 2. The van der Waals surface area contributed by atoms with E-state index in [0.29, 0.717) is 38.2 Å². The van der Waals surface area contributed by atoms with Crippen LogP contribution >= 0.6 is 0 Å². The average Bonchev–Trinajstić information content (AvgIpc) is 3.79. The zero-order valence-corrected chi connectivity index (χ0v) is 28.0. The van der Waals surface area contributed by atoms with Crippen LogP contribution in [0.2, 0.25) is 0 Å². The lowest BCUT2D eigenvalue weighted by molar-refractivity contribution is -0.159. The van der Waals surface area contributed by atoms with Crippen molar-refractivity contribution in [2.45, 2.75) is 81.8 Å². The van der Waals surface area contributed by atoms with Gasteiger partial charge in [-0.05, 0) is 67.5 Å². The molecule has 7 nitrogen and oxygen atoms in total. The second-order valence-electron chi connectivity index (χ2n) is 13.8. The van der Waals surface area contributed by atoms with E-state index < -0.39 is 35.4 Å². The lowest BCUT2D eigenvalue weighted by Crippen LogP contribution is -2.53. The van der Waals surface area contributed by atoms with Gasteiger partial charge in [0.25, 0.3) is 0 Å². The molecule has 252 valence electrons. The summed E-state index contributed by atoms with van der Waals surface area (Å²) < 4.78 is 34.2. The summed E-state index contributed by atoms with van der Waals surface area (Å²) in [4.78, 5) is 19.1. The number of benzene rings is 4. The molecule has 2 aliphatic heterocycles. The number of nitrogens with zero attached hydrogens (tertiary/aromatic N) is 3. The number of carbonyl (C=O) groups excluding carboxylic acids is 1. The van der Waals surface area contributed by atoms with Gasteiger partial charge in [0.2, 0.25) is 0 Å². The third-order valence-corrected chi connectivity index (χ3v) is 10.1. The van der Waals surface area contributed by atoms with Crippen molar-refractivity contribution in [1.82, 2.24) is 9.80 Å². The predicted octanol–water partition coefficient (Wildman–Crippen LogP) is 7.60. The fourth-order valence-corrected chi connectivity index (χ4v) is 7.85. The van der Waals surface area contributed by atoms with Crippen molar-refractivity contribution in [2.75, 3.05) is 13.2 Å². The van der Waals surface area contributed by atoms with Crippen molar-refractivity contribution in [3.05, 3.63) is 143 Å². The van der Waals surface area contributed by atoms with E-state index in [0.717, 1.165) is 23.1 Å². The second-order valence-corrected chi connectivity index (χ2v) is 13.8. The van der Waals surface area contributed by atoms with Gasteiger partial charge < -0.3 is 24.0 Å². The molecule has 1 aliphatic carbocycles. The molecule has 7 rings (SSSR count). The molecule has 3 aliphatic rings. The van der Waals surface area contributed by atoms with Gasteiger partial charge in [-0.15, -0.1) is 0 Å². The molecule has 4 aromatic rings. The summed E-state index contributed by atoms with van der Waals surface area (Å²) in [6, 6.07) is 36.5. The quantitative estimate of drug-likeness (QED) is 0.155. The molecular weight excluding hydrogens is 617 g/mol. The number of hydrogen-bond acceptors (Lipinski definition) is 5. The molecule has 0 aromatic heterocycles. The Balaban J connectivity index is 1.28. The van der Waals surface area contributed by atoms with Crippen LogP contribution in [0.25, 0.3) is 0 Å². The zero-order chi connectivity index (χ0) is 34.0. The van der Waals surface area contributed by atoms with Crippen LogP contribution in [-0.4, -0.2) is 58.6 Å². The van der Waals surface area contributed by atoms with Crippen LogP contribution in [0.15, 0.2) is 109 Å². The van der Waals surface area contributed by atoms with Crippen molar-refractivity contribution < 1.29 is 23.4 Å². The second kappa shape index (κ2) is 13.8. The van der Waals surface area contributed by atoms with Crippen LogP contribution in [-0.2, 0) is 33.8 Å². The summed E-state index contributed by atoms with van der Waals surface area (Å²) in [5, 5.41) is 9.62. The van der Waals surface area contributed by atoms with Crippen LogP contribution in [0.5, 0.6) is 0 Å². The van der Waals surface area contributed by atoms with Gasteiger partial charge in [-0.2, -0.15) is 5.26 Å². The van der Waals surface area contributed by atoms with Gasteiger partial charge in [0, 0.05) is 25.6 Å². The molecule has 2 unspecified atom stereocenters. The highest BCUT2D eigenvalue weighted by molar-refractivity contribution is 5.78. The minimum absolute atomic E-state index is 0.0472. The standard InChI is InChI=1S/C41H42FN3O4/c1-40(2)48-37-36(24-29-13-6-3-7-14-29)44(27-31-19-20-35(42)33(23-31)26-43)39(46)45(21-12-22-47-28-30-15-8-4-9-16-30)41(38(37)49-40)25-34(41)32-17-10-5-11-18-32/h3-11,13-20,23,34,36-38H,12,21-22,24-25,27-28H2,1-2H3/t34?,36-,37+,38-,41?/m1/s1. The van der Waals surface area contributed by atoms with E-state index in [1.54, 1.807) is 12.1 Å². The van der Waals surface area contributed by atoms with E-state index >= 15 is 4.79 Å². The molecule has 5 atom stereocenters. The molecule has 0 N–H and O–H groups in total. The fraction of sp³-hybridized carbons (Fsp3) is 0.366. The summed E-state index contributed by atoms with van der Waals surface area (Å²) in [6.45, 7) is 5.53. The maximum absolute atomic E-state index is 15.2. The smallest absolute Gasteiger partial charge is 0.321 e. The monoisotopic (exact) mass is 659 g/mol. The predicted molar refractivity (Wildman–Crippen MR) is 184 cm³/mol. The van der Waals surface area contributed by atoms with Crippen molar-refractivity contribution in [3.63, 3.8) is 0 Å². The molecule has 49 heavy (non-hydrogen) atoms. The molecule has 2 saturated heterocycles. The molecule has 2 amide bonds. The molecule has 0 bridgehead atoms. The van der Waals surface area contributed by atoms with Gasteiger partial charge in [0.1, 0.15) is 24.1 Å². The molecule has 2 heterocycles. The highest BCUT2D eigenvalue weighted by Gasteiger charge is 2.72. The van der Waals surface area contributed by atoms with Gasteiger partial charge in [-0.1, -0.05) is 97.1 Å². The van der Waals surface area contributed by atoms with Gasteiger partial charge in [-0.25, -0.2) is 9.18 Å². The van der Waals surface area contributed by atoms with Crippen LogP contribution in [0.4, 0.5) is 9.18 Å². The van der Waals surface area contributed by atoms with E-state index in [2.05, 4.69) is 24.3 Å². The number of rotatable bonds is 11. The SMILES string of the molecule is CC1(C)O[C@H]2[C@@H](Cc3ccccc3)N(Cc3ccc(F)c(C#N)c3)C(=O)N(CCCOCc3ccccc3)C3(CC3c3ccccc3)[C@@H]2O1. The van der Waals surface area contributed by atoms with E-state index in [-0.39, 0.29) is 24.1 Å². The number of carbonyl (C=O) groups is 1. The number of hydrogen-bond donors (Lipinski definition) is 0. The fourth-order valence-electron chi connectivity index (χ4n) is 7.85. The van der Waals surface area contributed by atoms with Gasteiger partial charge in [0.05, 0.1) is 23.8 Å². The van der Waals surface area contributed by atoms with E-state index in [1.807, 2.05) is 96.4 Å². The van der Waals surface area contributed by atoms with Crippen LogP contribution in [0.3, 0.4) is 0 Å². The maximum Gasteiger partial charge on any atom is 0.321 e. The van der Waals surface area contributed by atoms with Gasteiger partial charge in [0.15, 0.2) is 5.79 Å². The minimum Gasteiger partial charge on any atom is -0.377 e. The first-order chi connectivity index (χ1) is 23.8. The first kappa shape index (κ1) is 33.0. The van der Waals surface area contributed by atoms with Gasteiger partial charge in [-0.3, -0.25) is 0 Å². The summed E-state index contributed by atoms with van der Waals surface area (Å²) in [6.07, 6.45) is 1.08. The largest absolute Gasteiger partial charge is 0.377 e. The summed E-state index contributed by atoms with van der Waals surface area (Å²) in [5.41, 5.74) is 3.33. The number of halogens is 1. The first-order valence-electron chi connectivity index (χ1n) is 17.1. The lowest BCUT2D eigenvalue weighted by Gasteiger charge is -2.38. The number of nitriles is 1. The van der Waals surface area contributed by atoms with Crippen molar-refractivity contribution in [3.8, 4) is 6.07 Å². The number of fused-ring (bicyclic) bond motifs is 2. The van der Waals surface area contributed by atoms with Crippen LogP contribution < -0.4 is 0 Å². The molecule has 8 heteroatoms. The first-order valence-corrected chi connectivity index (χ1v) is 17.1. The highest BCUT2D eigenvalue weighted by Crippen LogP contribution is 2.63. The Bertz CT molecular complexity index is 1800. The Labute approximate surface area is 287 Å². The van der Waals surface area contributed by atoms with Crippen LogP contribution in [0, 0.1) is 17.1 Å². The molecule has 1 spiro atoms. The van der Waals surface area contributed by atoms with Crippen molar-refractivity contribution in [2.24, 2.45) is 0 Å². The zero-order valence-electron chi connectivity index (χ0n) is 28.0. The maximum atomic E-state index is 15.2. The Morgan fingerprint density at radius 3 is 2.27 bits per heavy atom. The average molecular weight is 660 g/mol. The van der Waals surface area contributed by atoms with E-state index in [1.165, 1.54) is 6.07 Å². The molecule has 0 radical (unpaired) electrons. The molecular formula is C41H42FN3O4. The third-order valence-electron chi connectivity index (χ3n) is 10.1. The number of ether oxygens (including phenoxy) is 3. The summed E-state index contributed by atoms with van der Waals surface area (Å²) >= 11 is 0. The van der Waals surface area contributed by atoms with Gasteiger partial charge >= 0.3 is 6.03 Å². The molecule has 3 fully saturated rings. The van der Waals surface area contributed by atoms with Crippen molar-refractivity contribution >= 4 is 6.03 Å². The minimum atomic E-state index is -0.874. The summed E-state index contributed by atoms with van der Waals surface area (Å²) in [7, 11) is 0. The lowest BCUT2D eigenvalue weighted by atomic mass is 9.90. The van der Waals surface area contributed by atoms with Crippen LogP contribution in [0.1, 0.15) is 60.4 Å². The molecule has 4 aromatic carbocycles. The topological polar surface area (TPSA) is 75.0 Å². The Morgan fingerprint density at radius 2 is 1.57 bits per heavy atom. The summed E-state index contributed by atoms with van der Waals surface area (Å²) in [5.74, 6) is -1.40. The third kappa shape index (κ3) is 6.71. The Hall–Kier alpha value is -4.55. The molecule has 1 saturated carbocycles. The Kier molecular flexibility index (Phi) is 9.25. The Morgan fingerprint density at radius 1 is 0.898 bits per heavy atom. The number of urea groups is 1. The van der Waals surface area contributed by atoms with E-state index in [9.17, 15) is 9.65 Å². The van der Waals surface area contributed by atoms with Crippen molar-refractivity contribution in [1.29, 1.82) is 5.26 Å². The highest BCUT2D eigenvalue weighted by atomic mass is 19.1. The normalized spacial score (nSPS) is 25.6.